The minimum Gasteiger partial charge on any atom is -0.350 e. The van der Waals surface area contributed by atoms with Crippen molar-refractivity contribution in [2.24, 2.45) is 0 Å². The molecule has 0 aromatic heterocycles. The lowest BCUT2D eigenvalue weighted by Gasteiger charge is -2.22. The zero-order chi connectivity index (χ0) is 12.5. The van der Waals surface area contributed by atoms with Gasteiger partial charge in [-0.3, -0.25) is 9.59 Å². The average molecular weight is 240 g/mol. The maximum absolute atomic E-state index is 11.6. The summed E-state index contributed by atoms with van der Waals surface area (Å²) in [6.45, 7) is 4.42. The number of carbonyl (C=O) groups is 2. The van der Waals surface area contributed by atoms with Gasteiger partial charge in [-0.2, -0.15) is 0 Å². The Bertz CT molecular complexity index is 387. The van der Waals surface area contributed by atoms with Crippen LogP contribution in [0.5, 0.6) is 0 Å². The lowest BCUT2D eigenvalue weighted by molar-refractivity contribution is -0.197. The second kappa shape index (κ2) is 4.46. The zero-order valence-electron chi connectivity index (χ0n) is 9.96. The highest BCUT2D eigenvalue weighted by atomic mass is 16.7. The molecule has 0 spiro atoms. The lowest BCUT2D eigenvalue weighted by Crippen LogP contribution is -2.48. The van der Waals surface area contributed by atoms with Crippen molar-refractivity contribution in [2.75, 3.05) is 19.8 Å². The van der Waals surface area contributed by atoms with Crippen molar-refractivity contribution >= 4 is 11.8 Å². The van der Waals surface area contributed by atoms with Crippen LogP contribution in [-0.4, -0.2) is 37.4 Å². The second-order valence-corrected chi connectivity index (χ2v) is 4.50. The predicted octanol–water partition coefficient (Wildman–Crippen LogP) is -0.340. The summed E-state index contributed by atoms with van der Waals surface area (Å²) in [5.41, 5.74) is 1.07. The van der Waals surface area contributed by atoms with Crippen molar-refractivity contribution in [2.45, 2.75) is 26.1 Å². The third-order valence-corrected chi connectivity index (χ3v) is 2.70. The SMILES string of the molecule is CC1(C)OCC/C(=C2\NC(=O)CNC2=O)CO1. The summed E-state index contributed by atoms with van der Waals surface area (Å²) in [6.07, 6.45) is 0.576. The van der Waals surface area contributed by atoms with Crippen molar-refractivity contribution in [1.29, 1.82) is 0 Å². The van der Waals surface area contributed by atoms with Gasteiger partial charge in [0.05, 0.1) is 19.8 Å². The van der Waals surface area contributed by atoms with E-state index >= 15 is 0 Å². The molecule has 0 aromatic carbocycles. The number of nitrogens with one attached hydrogen (secondary N) is 2. The van der Waals surface area contributed by atoms with Gasteiger partial charge < -0.3 is 20.1 Å². The Kier molecular flexibility index (Phi) is 3.17. The molecule has 0 unspecified atom stereocenters. The first-order valence-corrected chi connectivity index (χ1v) is 5.56. The molecule has 2 amide bonds. The molecule has 0 saturated carbocycles. The summed E-state index contributed by atoms with van der Waals surface area (Å²) in [5.74, 6) is -1.13. The number of carbonyl (C=O) groups excluding carboxylic acids is 2. The third kappa shape index (κ3) is 2.83. The molecule has 2 fully saturated rings. The van der Waals surface area contributed by atoms with Crippen LogP contribution >= 0.6 is 0 Å². The average Bonchev–Trinajstić information content (AvgIpc) is 2.43. The maximum Gasteiger partial charge on any atom is 0.268 e. The molecule has 6 heteroatoms. The molecule has 2 saturated heterocycles. The molecule has 2 N–H and O–H groups in total. The first kappa shape index (κ1) is 12.1. The molecule has 2 aliphatic rings. The fourth-order valence-corrected chi connectivity index (χ4v) is 1.73. The highest BCUT2D eigenvalue weighted by molar-refractivity contribution is 6.03. The van der Waals surface area contributed by atoms with E-state index in [2.05, 4.69) is 10.6 Å². The number of piperazine rings is 1. The topological polar surface area (TPSA) is 76.7 Å². The van der Waals surface area contributed by atoms with Crippen LogP contribution in [0.2, 0.25) is 0 Å². The van der Waals surface area contributed by atoms with Crippen LogP contribution in [0.3, 0.4) is 0 Å². The Labute approximate surface area is 99.3 Å². The van der Waals surface area contributed by atoms with Gasteiger partial charge in [-0.15, -0.1) is 0 Å². The normalized spacial score (nSPS) is 29.3. The first-order chi connectivity index (χ1) is 7.98. The van der Waals surface area contributed by atoms with Gasteiger partial charge in [0.2, 0.25) is 5.91 Å². The van der Waals surface area contributed by atoms with Gasteiger partial charge in [0, 0.05) is 0 Å². The molecular weight excluding hydrogens is 224 g/mol. The van der Waals surface area contributed by atoms with E-state index in [4.69, 9.17) is 9.47 Å². The van der Waals surface area contributed by atoms with E-state index < -0.39 is 5.79 Å². The number of hydrogen-bond acceptors (Lipinski definition) is 4. The number of amides is 2. The highest BCUT2D eigenvalue weighted by Crippen LogP contribution is 2.21. The summed E-state index contributed by atoms with van der Waals surface area (Å²) in [7, 11) is 0. The molecule has 94 valence electrons. The van der Waals surface area contributed by atoms with Crippen molar-refractivity contribution in [3.63, 3.8) is 0 Å². The molecule has 0 aromatic rings. The number of rotatable bonds is 0. The van der Waals surface area contributed by atoms with Gasteiger partial charge in [-0.1, -0.05) is 0 Å². The van der Waals surface area contributed by atoms with Gasteiger partial charge in [-0.05, 0) is 25.8 Å². The lowest BCUT2D eigenvalue weighted by atomic mass is 10.1. The van der Waals surface area contributed by atoms with Crippen LogP contribution in [0.15, 0.2) is 11.3 Å². The Hall–Kier alpha value is -1.40. The second-order valence-electron chi connectivity index (χ2n) is 4.50. The van der Waals surface area contributed by atoms with Crippen LogP contribution in [0, 0.1) is 0 Å². The van der Waals surface area contributed by atoms with Crippen molar-refractivity contribution in [3.8, 4) is 0 Å². The first-order valence-electron chi connectivity index (χ1n) is 5.56. The Morgan fingerprint density at radius 3 is 2.76 bits per heavy atom. The summed E-state index contributed by atoms with van der Waals surface area (Å²) < 4.78 is 11.0. The Morgan fingerprint density at radius 1 is 1.24 bits per heavy atom. The molecule has 0 aliphatic carbocycles. The summed E-state index contributed by atoms with van der Waals surface area (Å²) >= 11 is 0. The van der Waals surface area contributed by atoms with E-state index in [1.165, 1.54) is 0 Å². The molecule has 2 aliphatic heterocycles. The molecule has 2 heterocycles. The van der Waals surface area contributed by atoms with Crippen molar-refractivity contribution in [1.82, 2.24) is 10.6 Å². The molecule has 0 radical (unpaired) electrons. The van der Waals surface area contributed by atoms with E-state index in [0.717, 1.165) is 5.57 Å². The predicted molar refractivity (Wildman–Crippen MR) is 58.8 cm³/mol. The summed E-state index contributed by atoms with van der Waals surface area (Å²) in [4.78, 5) is 22.9. The fraction of sp³-hybridized carbons (Fsp3) is 0.636. The molecule has 0 bridgehead atoms. The fourth-order valence-electron chi connectivity index (χ4n) is 1.73. The van der Waals surface area contributed by atoms with E-state index in [1.54, 1.807) is 0 Å². The minimum atomic E-state index is -0.655. The van der Waals surface area contributed by atoms with Crippen LogP contribution < -0.4 is 10.6 Å². The maximum atomic E-state index is 11.6. The highest BCUT2D eigenvalue weighted by Gasteiger charge is 2.28. The van der Waals surface area contributed by atoms with Gasteiger partial charge in [0.25, 0.3) is 5.91 Å². The van der Waals surface area contributed by atoms with Crippen LogP contribution in [0.1, 0.15) is 20.3 Å². The number of hydrogen-bond donors (Lipinski definition) is 2. The Balaban J connectivity index is 2.19. The van der Waals surface area contributed by atoms with E-state index in [9.17, 15) is 9.59 Å². The van der Waals surface area contributed by atoms with Gasteiger partial charge in [-0.25, -0.2) is 0 Å². The van der Waals surface area contributed by atoms with Gasteiger partial charge in [0.1, 0.15) is 5.70 Å². The monoisotopic (exact) mass is 240 g/mol. The Morgan fingerprint density at radius 2 is 2.00 bits per heavy atom. The van der Waals surface area contributed by atoms with E-state index in [0.29, 0.717) is 18.7 Å². The molecule has 17 heavy (non-hydrogen) atoms. The van der Waals surface area contributed by atoms with Gasteiger partial charge >= 0.3 is 0 Å². The molecule has 0 atom stereocenters. The molecule has 6 nitrogen and oxygen atoms in total. The number of ether oxygens (including phenoxy) is 2. The van der Waals surface area contributed by atoms with E-state index in [1.807, 2.05) is 13.8 Å². The van der Waals surface area contributed by atoms with Crippen LogP contribution in [0.4, 0.5) is 0 Å². The summed E-state index contributed by atoms with van der Waals surface area (Å²) in [6, 6.07) is 0. The smallest absolute Gasteiger partial charge is 0.268 e. The standard InChI is InChI=1S/C11H16N2O4/c1-11(2)16-4-3-7(6-17-11)9-10(15)12-5-8(14)13-9/h3-6H2,1-2H3,(H,12,15)(H,13,14)/b9-7+. The van der Waals surface area contributed by atoms with Crippen molar-refractivity contribution < 1.29 is 19.1 Å². The third-order valence-electron chi connectivity index (χ3n) is 2.70. The molecule has 2 rings (SSSR count). The van der Waals surface area contributed by atoms with Crippen molar-refractivity contribution in [3.05, 3.63) is 11.3 Å². The minimum absolute atomic E-state index is 0.0263. The van der Waals surface area contributed by atoms with Crippen LogP contribution in [-0.2, 0) is 19.1 Å². The summed E-state index contributed by atoms with van der Waals surface area (Å²) in [5, 5.41) is 5.10. The largest absolute Gasteiger partial charge is 0.350 e. The van der Waals surface area contributed by atoms with Crippen LogP contribution in [0.25, 0.3) is 0 Å². The zero-order valence-corrected chi connectivity index (χ0v) is 9.96. The van der Waals surface area contributed by atoms with E-state index in [-0.39, 0.29) is 25.0 Å². The molecular formula is C11H16N2O4. The quantitative estimate of drug-likeness (QED) is 0.568. The van der Waals surface area contributed by atoms with Gasteiger partial charge in [0.15, 0.2) is 5.79 Å².